The average molecular weight is 267 g/mol. The number of fused-ring (bicyclic) bond motifs is 1. The van der Waals surface area contributed by atoms with Gasteiger partial charge in [0.1, 0.15) is 11.9 Å². The Balaban J connectivity index is 1.96. The fraction of sp³-hybridized carbons (Fsp3) is 0.231. The lowest BCUT2D eigenvalue weighted by Gasteiger charge is -2.29. The molecule has 17 heavy (non-hydrogen) atoms. The van der Waals surface area contributed by atoms with E-state index in [9.17, 15) is 5.11 Å². The molecule has 0 spiro atoms. The molecule has 2 heterocycles. The second kappa shape index (κ2) is 4.33. The predicted molar refractivity (Wildman–Crippen MR) is 68.7 cm³/mol. The maximum atomic E-state index is 10.1. The van der Waals surface area contributed by atoms with Crippen molar-refractivity contribution in [3.8, 4) is 5.75 Å². The highest BCUT2D eigenvalue weighted by Crippen LogP contribution is 2.42. The van der Waals surface area contributed by atoms with Crippen LogP contribution in [0.2, 0.25) is 5.02 Å². The Morgan fingerprint density at radius 3 is 3.00 bits per heavy atom. The van der Waals surface area contributed by atoms with Gasteiger partial charge in [-0.05, 0) is 29.6 Å². The summed E-state index contributed by atoms with van der Waals surface area (Å²) in [5, 5.41) is 12.8. The maximum Gasteiger partial charge on any atom is 0.136 e. The lowest BCUT2D eigenvalue weighted by Crippen LogP contribution is -2.18. The SMILES string of the molecule is O[C@@H]1CC(c2cccs2)Oc2ccc(Cl)cc21. The van der Waals surface area contributed by atoms with Crippen LogP contribution in [0.5, 0.6) is 5.75 Å². The molecule has 88 valence electrons. The van der Waals surface area contributed by atoms with Crippen LogP contribution in [0.3, 0.4) is 0 Å². The number of rotatable bonds is 1. The summed E-state index contributed by atoms with van der Waals surface area (Å²) in [6.45, 7) is 0. The molecule has 1 aliphatic rings. The van der Waals surface area contributed by atoms with Gasteiger partial charge >= 0.3 is 0 Å². The molecule has 4 heteroatoms. The van der Waals surface area contributed by atoms with E-state index in [-0.39, 0.29) is 6.10 Å². The van der Waals surface area contributed by atoms with E-state index in [1.54, 1.807) is 23.5 Å². The van der Waals surface area contributed by atoms with E-state index in [4.69, 9.17) is 16.3 Å². The Kier molecular flexibility index (Phi) is 2.82. The minimum absolute atomic E-state index is 0.0568. The molecular weight excluding hydrogens is 256 g/mol. The molecule has 1 N–H and O–H groups in total. The van der Waals surface area contributed by atoms with Crippen molar-refractivity contribution in [1.82, 2.24) is 0 Å². The van der Waals surface area contributed by atoms with Gasteiger partial charge in [0, 0.05) is 21.9 Å². The standard InChI is InChI=1S/C13H11ClO2S/c14-8-3-4-11-9(6-8)10(15)7-12(16-11)13-2-1-5-17-13/h1-6,10,12,15H,7H2/t10-,12?/m1/s1. The number of hydrogen-bond donors (Lipinski definition) is 1. The van der Waals surface area contributed by atoms with E-state index in [0.29, 0.717) is 11.4 Å². The van der Waals surface area contributed by atoms with Gasteiger partial charge in [-0.2, -0.15) is 0 Å². The van der Waals surface area contributed by atoms with Crippen molar-refractivity contribution < 1.29 is 9.84 Å². The molecule has 0 amide bonds. The summed E-state index contributed by atoms with van der Waals surface area (Å²) in [5.41, 5.74) is 0.783. The van der Waals surface area contributed by atoms with Crippen molar-refractivity contribution >= 4 is 22.9 Å². The monoisotopic (exact) mass is 266 g/mol. The zero-order chi connectivity index (χ0) is 11.8. The molecule has 0 radical (unpaired) electrons. The van der Waals surface area contributed by atoms with Crippen molar-refractivity contribution in [1.29, 1.82) is 0 Å². The summed E-state index contributed by atoms with van der Waals surface area (Å²) in [6, 6.07) is 9.40. The third kappa shape index (κ3) is 2.06. The number of aliphatic hydroxyl groups excluding tert-OH is 1. The van der Waals surface area contributed by atoms with E-state index in [2.05, 4.69) is 0 Å². The molecule has 0 fully saturated rings. The molecular formula is C13H11ClO2S. The number of benzene rings is 1. The summed E-state index contributed by atoms with van der Waals surface area (Å²) < 4.78 is 5.89. The number of thiophene rings is 1. The highest BCUT2D eigenvalue weighted by molar-refractivity contribution is 7.10. The molecule has 0 saturated heterocycles. The van der Waals surface area contributed by atoms with E-state index < -0.39 is 6.10 Å². The third-order valence-corrected chi connectivity index (χ3v) is 4.10. The Morgan fingerprint density at radius 2 is 2.24 bits per heavy atom. The smallest absolute Gasteiger partial charge is 0.136 e. The van der Waals surface area contributed by atoms with E-state index in [1.165, 1.54) is 0 Å². The normalized spacial score (nSPS) is 22.9. The predicted octanol–water partition coefficient (Wildman–Crippen LogP) is 3.96. The first kappa shape index (κ1) is 11.1. The van der Waals surface area contributed by atoms with Gasteiger partial charge in [0.2, 0.25) is 0 Å². The van der Waals surface area contributed by atoms with Gasteiger partial charge in [0.15, 0.2) is 0 Å². The first-order valence-corrected chi connectivity index (χ1v) is 6.67. The highest BCUT2D eigenvalue weighted by atomic mass is 35.5. The molecule has 0 saturated carbocycles. The van der Waals surface area contributed by atoms with Crippen molar-refractivity contribution in [2.24, 2.45) is 0 Å². The van der Waals surface area contributed by atoms with Gasteiger partial charge in [-0.1, -0.05) is 17.7 Å². The minimum atomic E-state index is -0.510. The van der Waals surface area contributed by atoms with Gasteiger partial charge in [0.05, 0.1) is 6.10 Å². The number of hydrogen-bond acceptors (Lipinski definition) is 3. The first-order valence-electron chi connectivity index (χ1n) is 5.41. The van der Waals surface area contributed by atoms with Gasteiger partial charge in [0.25, 0.3) is 0 Å². The Hall–Kier alpha value is -1.03. The van der Waals surface area contributed by atoms with Gasteiger partial charge in [-0.25, -0.2) is 0 Å². The van der Waals surface area contributed by atoms with E-state index in [0.717, 1.165) is 16.2 Å². The van der Waals surface area contributed by atoms with Gasteiger partial charge in [-0.15, -0.1) is 11.3 Å². The third-order valence-electron chi connectivity index (χ3n) is 2.90. The summed E-state index contributed by atoms with van der Waals surface area (Å²) >= 11 is 7.56. The lowest BCUT2D eigenvalue weighted by atomic mass is 9.98. The Bertz CT molecular complexity index is 524. The van der Waals surface area contributed by atoms with Crippen LogP contribution in [0.15, 0.2) is 35.7 Å². The summed E-state index contributed by atoms with van der Waals surface area (Å²) in [5.74, 6) is 0.728. The number of ether oxygens (including phenoxy) is 1. The highest BCUT2D eigenvalue weighted by Gasteiger charge is 2.28. The first-order chi connectivity index (χ1) is 8.24. The zero-order valence-corrected chi connectivity index (χ0v) is 10.5. The van der Waals surface area contributed by atoms with Crippen LogP contribution in [0.1, 0.15) is 29.1 Å². The largest absolute Gasteiger partial charge is 0.484 e. The van der Waals surface area contributed by atoms with Gasteiger partial charge < -0.3 is 9.84 Å². The van der Waals surface area contributed by atoms with Crippen LogP contribution in [0.4, 0.5) is 0 Å². The summed E-state index contributed by atoms with van der Waals surface area (Å²) in [4.78, 5) is 1.14. The molecule has 3 rings (SSSR count). The molecule has 2 aromatic rings. The summed E-state index contributed by atoms with van der Waals surface area (Å²) in [6.07, 6.45) is 0.0108. The molecule has 0 bridgehead atoms. The Morgan fingerprint density at radius 1 is 1.35 bits per heavy atom. The van der Waals surface area contributed by atoms with E-state index in [1.807, 2.05) is 23.6 Å². The van der Waals surface area contributed by atoms with Crippen LogP contribution < -0.4 is 4.74 Å². The zero-order valence-electron chi connectivity index (χ0n) is 8.97. The van der Waals surface area contributed by atoms with Crippen molar-refractivity contribution in [2.75, 3.05) is 0 Å². The van der Waals surface area contributed by atoms with Crippen LogP contribution in [-0.2, 0) is 0 Å². The van der Waals surface area contributed by atoms with Crippen LogP contribution >= 0.6 is 22.9 Å². The van der Waals surface area contributed by atoms with Crippen molar-refractivity contribution in [3.63, 3.8) is 0 Å². The molecule has 1 aromatic carbocycles. The molecule has 1 aliphatic heterocycles. The minimum Gasteiger partial charge on any atom is -0.484 e. The quantitative estimate of drug-likeness (QED) is 0.847. The van der Waals surface area contributed by atoms with Crippen LogP contribution in [0, 0.1) is 0 Å². The fourth-order valence-electron chi connectivity index (χ4n) is 2.07. The molecule has 1 unspecified atom stereocenters. The second-order valence-electron chi connectivity index (χ2n) is 4.06. The molecule has 1 aromatic heterocycles. The van der Waals surface area contributed by atoms with Crippen molar-refractivity contribution in [2.45, 2.75) is 18.6 Å². The summed E-state index contributed by atoms with van der Waals surface area (Å²) in [7, 11) is 0. The fourth-order valence-corrected chi connectivity index (χ4v) is 3.01. The molecule has 2 atom stereocenters. The second-order valence-corrected chi connectivity index (χ2v) is 5.47. The van der Waals surface area contributed by atoms with Crippen LogP contribution in [0.25, 0.3) is 0 Å². The average Bonchev–Trinajstić information content (AvgIpc) is 2.83. The van der Waals surface area contributed by atoms with Gasteiger partial charge in [-0.3, -0.25) is 0 Å². The lowest BCUT2D eigenvalue weighted by molar-refractivity contribution is 0.0674. The molecule has 0 aliphatic carbocycles. The number of halogens is 1. The number of aliphatic hydroxyl groups is 1. The Labute approximate surface area is 108 Å². The van der Waals surface area contributed by atoms with Crippen molar-refractivity contribution in [3.05, 3.63) is 51.2 Å². The van der Waals surface area contributed by atoms with Crippen LogP contribution in [-0.4, -0.2) is 5.11 Å². The topological polar surface area (TPSA) is 29.5 Å². The van der Waals surface area contributed by atoms with E-state index >= 15 is 0 Å². The molecule has 2 nitrogen and oxygen atoms in total. The maximum absolute atomic E-state index is 10.1.